The van der Waals surface area contributed by atoms with Crippen LogP contribution in [0.4, 0.5) is 0 Å². The quantitative estimate of drug-likeness (QED) is 0.651. The lowest BCUT2D eigenvalue weighted by Crippen LogP contribution is -2.31. The van der Waals surface area contributed by atoms with Crippen molar-refractivity contribution in [2.24, 2.45) is 7.05 Å². The van der Waals surface area contributed by atoms with Crippen LogP contribution >= 0.6 is 0 Å². The zero-order valence-electron chi connectivity index (χ0n) is 15.4. The fraction of sp³-hybridized carbons (Fsp3) is 0.263. The van der Waals surface area contributed by atoms with Gasteiger partial charge in [0.15, 0.2) is 0 Å². The van der Waals surface area contributed by atoms with E-state index in [9.17, 15) is 14.4 Å². The van der Waals surface area contributed by atoms with Crippen LogP contribution in [0, 0.1) is 6.92 Å². The first-order chi connectivity index (χ1) is 12.8. The number of benzene rings is 1. The largest absolute Gasteiger partial charge is 0.444 e. The van der Waals surface area contributed by atoms with Gasteiger partial charge in [0, 0.05) is 26.7 Å². The summed E-state index contributed by atoms with van der Waals surface area (Å²) in [5.74, 6) is -1.01. The van der Waals surface area contributed by atoms with E-state index in [1.165, 1.54) is 22.8 Å². The van der Waals surface area contributed by atoms with Crippen LogP contribution in [-0.4, -0.2) is 40.4 Å². The minimum atomic E-state index is -1.14. The van der Waals surface area contributed by atoms with E-state index in [1.807, 2.05) is 0 Å². The van der Waals surface area contributed by atoms with Crippen LogP contribution in [0.2, 0.25) is 0 Å². The molecule has 0 saturated carbocycles. The molecule has 0 spiro atoms. The number of likely N-dealkylation sites (N-methyl/N-ethyl adjacent to an activating group) is 1. The second kappa shape index (κ2) is 7.06. The standard InChI is InChI=1S/C19H19N3O5/c1-11-13(14-16(26-11)20-10-22(4)17(14)23)19(25)27-15(18(24)21(2)3)12-8-6-5-7-9-12/h5-10,15H,1-4H3. The molecule has 1 amide bonds. The predicted molar refractivity (Wildman–Crippen MR) is 97.3 cm³/mol. The van der Waals surface area contributed by atoms with Crippen molar-refractivity contribution in [3.05, 3.63) is 63.9 Å². The number of aryl methyl sites for hydroxylation is 2. The van der Waals surface area contributed by atoms with Crippen LogP contribution in [0.15, 0.2) is 45.9 Å². The Labute approximate surface area is 155 Å². The molecule has 0 bridgehead atoms. The van der Waals surface area contributed by atoms with E-state index in [1.54, 1.807) is 51.4 Å². The first-order valence-electron chi connectivity index (χ1n) is 8.23. The summed E-state index contributed by atoms with van der Waals surface area (Å²) in [4.78, 5) is 43.3. The SMILES string of the molecule is Cc1oc2ncn(C)c(=O)c2c1C(=O)OC(C(=O)N(C)C)c1ccccc1. The van der Waals surface area contributed by atoms with Gasteiger partial charge in [-0.15, -0.1) is 0 Å². The fourth-order valence-corrected chi connectivity index (χ4v) is 2.72. The van der Waals surface area contributed by atoms with Crippen LogP contribution in [0.25, 0.3) is 11.1 Å². The highest BCUT2D eigenvalue weighted by Gasteiger charge is 2.30. The van der Waals surface area contributed by atoms with E-state index in [0.29, 0.717) is 5.56 Å². The van der Waals surface area contributed by atoms with E-state index in [0.717, 1.165) is 0 Å². The zero-order valence-corrected chi connectivity index (χ0v) is 15.4. The fourth-order valence-electron chi connectivity index (χ4n) is 2.72. The molecule has 0 fully saturated rings. The normalized spacial score (nSPS) is 12.0. The third kappa shape index (κ3) is 3.33. The summed E-state index contributed by atoms with van der Waals surface area (Å²) in [5.41, 5.74) is 0.129. The van der Waals surface area contributed by atoms with E-state index in [2.05, 4.69) is 4.98 Å². The number of aromatic nitrogens is 2. The molecule has 1 atom stereocenters. The van der Waals surface area contributed by atoms with Gasteiger partial charge in [-0.2, -0.15) is 0 Å². The van der Waals surface area contributed by atoms with Crippen molar-refractivity contribution >= 4 is 23.0 Å². The van der Waals surface area contributed by atoms with E-state index in [4.69, 9.17) is 9.15 Å². The number of carbonyl (C=O) groups is 2. The van der Waals surface area contributed by atoms with Gasteiger partial charge in [-0.1, -0.05) is 30.3 Å². The summed E-state index contributed by atoms with van der Waals surface area (Å²) in [5, 5.41) is 0.0339. The van der Waals surface area contributed by atoms with Gasteiger partial charge in [0.05, 0.1) is 0 Å². The van der Waals surface area contributed by atoms with Gasteiger partial charge in [-0.3, -0.25) is 9.59 Å². The molecule has 3 aromatic rings. The zero-order chi connectivity index (χ0) is 19.7. The summed E-state index contributed by atoms with van der Waals surface area (Å²) in [6.07, 6.45) is 0.170. The maximum Gasteiger partial charge on any atom is 0.343 e. The minimum absolute atomic E-state index is 0.0220. The van der Waals surface area contributed by atoms with Gasteiger partial charge >= 0.3 is 5.97 Å². The minimum Gasteiger partial charge on any atom is -0.444 e. The van der Waals surface area contributed by atoms with Gasteiger partial charge in [0.1, 0.15) is 23.0 Å². The first kappa shape index (κ1) is 18.4. The number of carbonyl (C=O) groups excluding carboxylic acids is 2. The van der Waals surface area contributed by atoms with Crippen LogP contribution < -0.4 is 5.56 Å². The van der Waals surface area contributed by atoms with Crippen LogP contribution in [0.5, 0.6) is 0 Å². The highest BCUT2D eigenvalue weighted by atomic mass is 16.5. The topological polar surface area (TPSA) is 94.6 Å². The number of ether oxygens (including phenoxy) is 1. The number of furan rings is 1. The molecule has 2 aromatic heterocycles. The van der Waals surface area contributed by atoms with Crippen molar-refractivity contribution in [1.29, 1.82) is 0 Å². The number of hydrogen-bond donors (Lipinski definition) is 0. The summed E-state index contributed by atoms with van der Waals surface area (Å²) >= 11 is 0. The van der Waals surface area contributed by atoms with Crippen molar-refractivity contribution in [1.82, 2.24) is 14.5 Å². The molecule has 0 saturated heterocycles. The molecule has 0 aliphatic carbocycles. The van der Waals surface area contributed by atoms with Gasteiger partial charge in [-0.25, -0.2) is 9.78 Å². The summed E-state index contributed by atoms with van der Waals surface area (Å²) in [6, 6.07) is 8.68. The Hall–Kier alpha value is -3.42. The Balaban J connectivity index is 2.06. The third-order valence-electron chi connectivity index (χ3n) is 4.14. The molecule has 1 unspecified atom stereocenters. The molecular weight excluding hydrogens is 350 g/mol. The van der Waals surface area contributed by atoms with Gasteiger partial charge in [-0.05, 0) is 6.92 Å². The molecule has 2 heterocycles. The molecule has 3 rings (SSSR count). The molecule has 27 heavy (non-hydrogen) atoms. The monoisotopic (exact) mass is 369 g/mol. The van der Waals surface area contributed by atoms with Gasteiger partial charge in [0.2, 0.25) is 11.8 Å². The molecule has 0 aliphatic heterocycles. The van der Waals surface area contributed by atoms with Crippen molar-refractivity contribution in [2.75, 3.05) is 14.1 Å². The molecule has 8 nitrogen and oxygen atoms in total. The number of nitrogens with zero attached hydrogens (tertiary/aromatic N) is 3. The van der Waals surface area contributed by atoms with Crippen molar-refractivity contribution in [3.63, 3.8) is 0 Å². The van der Waals surface area contributed by atoms with E-state index >= 15 is 0 Å². The maximum atomic E-state index is 12.9. The van der Waals surface area contributed by atoms with Crippen molar-refractivity contribution in [3.8, 4) is 0 Å². The number of hydrogen-bond acceptors (Lipinski definition) is 6. The van der Waals surface area contributed by atoms with Gasteiger partial charge in [0.25, 0.3) is 11.5 Å². The number of fused-ring (bicyclic) bond motifs is 1. The number of rotatable bonds is 4. The lowest BCUT2D eigenvalue weighted by atomic mass is 10.1. The lowest BCUT2D eigenvalue weighted by molar-refractivity contribution is -0.138. The summed E-state index contributed by atoms with van der Waals surface area (Å²) in [7, 11) is 4.67. The molecular formula is C19H19N3O5. The van der Waals surface area contributed by atoms with Crippen LogP contribution in [-0.2, 0) is 16.6 Å². The maximum absolute atomic E-state index is 12.9. The Morgan fingerprint density at radius 2 is 1.89 bits per heavy atom. The number of amides is 1. The van der Waals surface area contributed by atoms with Crippen molar-refractivity contribution in [2.45, 2.75) is 13.0 Å². The Morgan fingerprint density at radius 1 is 1.22 bits per heavy atom. The number of esters is 1. The highest BCUT2D eigenvalue weighted by molar-refractivity contribution is 6.04. The second-order valence-electron chi connectivity index (χ2n) is 6.30. The smallest absolute Gasteiger partial charge is 0.343 e. The Bertz CT molecular complexity index is 1070. The lowest BCUT2D eigenvalue weighted by Gasteiger charge is -2.21. The van der Waals surface area contributed by atoms with Crippen molar-refractivity contribution < 1.29 is 18.7 Å². The molecule has 8 heteroatoms. The molecule has 0 N–H and O–H groups in total. The summed E-state index contributed by atoms with van der Waals surface area (Å²) in [6.45, 7) is 1.54. The van der Waals surface area contributed by atoms with Crippen LogP contribution in [0.1, 0.15) is 27.8 Å². The molecule has 0 aliphatic rings. The first-order valence-corrected chi connectivity index (χ1v) is 8.23. The second-order valence-corrected chi connectivity index (χ2v) is 6.30. The van der Waals surface area contributed by atoms with E-state index < -0.39 is 23.5 Å². The van der Waals surface area contributed by atoms with Crippen LogP contribution in [0.3, 0.4) is 0 Å². The Morgan fingerprint density at radius 3 is 2.52 bits per heavy atom. The van der Waals surface area contributed by atoms with Gasteiger partial charge < -0.3 is 18.6 Å². The average molecular weight is 369 g/mol. The molecule has 1 aromatic carbocycles. The predicted octanol–water partition coefficient (Wildman–Crippen LogP) is 1.82. The molecule has 0 radical (unpaired) electrons. The molecule has 140 valence electrons. The Kier molecular flexibility index (Phi) is 4.81. The average Bonchev–Trinajstić information content (AvgIpc) is 2.99. The van der Waals surface area contributed by atoms with E-state index in [-0.39, 0.29) is 22.4 Å². The summed E-state index contributed by atoms with van der Waals surface area (Å²) < 4.78 is 12.2. The third-order valence-corrected chi connectivity index (χ3v) is 4.14. The highest BCUT2D eigenvalue weighted by Crippen LogP contribution is 2.26.